The second-order valence-corrected chi connectivity index (χ2v) is 11.9. The molecule has 0 aliphatic carbocycles. The third-order valence-corrected chi connectivity index (χ3v) is 9.27. The molecule has 1 heteroatoms. The highest BCUT2D eigenvalue weighted by Gasteiger charge is 2.24. The van der Waals surface area contributed by atoms with Gasteiger partial charge in [0.05, 0.1) is 16.4 Å². The summed E-state index contributed by atoms with van der Waals surface area (Å²) in [4.78, 5) is 0. The summed E-state index contributed by atoms with van der Waals surface area (Å²) < 4.78 is 116. The molecule has 0 unspecified atom stereocenters. The lowest BCUT2D eigenvalue weighted by molar-refractivity contribution is 0.634. The van der Waals surface area contributed by atoms with Crippen molar-refractivity contribution in [3.05, 3.63) is 182 Å². The molecule has 10 aromatic rings. The first kappa shape index (κ1) is 18.2. The van der Waals surface area contributed by atoms with Crippen molar-refractivity contribution >= 4 is 54.1 Å². The van der Waals surface area contributed by atoms with Crippen LogP contribution in [-0.2, 0) is 0 Å². The zero-order chi connectivity index (χ0) is 42.8. The fourth-order valence-corrected chi connectivity index (χ4v) is 7.21. The van der Waals surface area contributed by atoms with E-state index >= 15 is 0 Å². The van der Waals surface area contributed by atoms with Crippen molar-refractivity contribution in [1.29, 1.82) is 0 Å². The second kappa shape index (κ2) is 11.1. The lowest BCUT2D eigenvalue weighted by Gasteiger charge is -2.19. The minimum absolute atomic E-state index is 0.00931. The van der Waals surface area contributed by atoms with Crippen LogP contribution in [0, 0.1) is 0 Å². The number of hydrogen-bond donors (Lipinski definition) is 0. The first-order valence-electron chi connectivity index (χ1n) is 21.9. The lowest BCUT2D eigenvalue weighted by atomic mass is 9.84. The molecule has 9 aromatic carbocycles. The molecule has 10 rings (SSSR count). The van der Waals surface area contributed by atoms with Crippen LogP contribution in [0.5, 0.6) is 0 Å². The maximum atomic E-state index is 9.56. The van der Waals surface area contributed by atoms with Gasteiger partial charge in [-0.05, 0) is 76.9 Å². The molecule has 0 aliphatic heterocycles. The average Bonchev–Trinajstić information content (AvgIpc) is 3.69. The first-order valence-corrected chi connectivity index (χ1v) is 15.9. The van der Waals surface area contributed by atoms with E-state index < -0.39 is 72.5 Å². The third kappa shape index (κ3) is 4.26. The van der Waals surface area contributed by atoms with Crippen LogP contribution in [-0.4, -0.2) is 0 Å². The van der Waals surface area contributed by atoms with E-state index in [4.69, 9.17) is 15.4 Å². The first-order chi connectivity index (χ1) is 29.3. The number of rotatable bonds is 4. The smallest absolute Gasteiger partial charge is 0.144 e. The van der Waals surface area contributed by atoms with Gasteiger partial charge in [0.2, 0.25) is 0 Å². The molecule has 1 heterocycles. The van der Waals surface area contributed by atoms with Crippen LogP contribution < -0.4 is 0 Å². The number of hydrogen-bond acceptors (Lipinski definition) is 1. The highest BCUT2D eigenvalue weighted by atomic mass is 16.3. The van der Waals surface area contributed by atoms with Crippen molar-refractivity contribution in [1.82, 2.24) is 0 Å². The van der Waals surface area contributed by atoms with E-state index in [0.717, 1.165) is 27.3 Å². The summed E-state index contributed by atoms with van der Waals surface area (Å²) >= 11 is 0. The fraction of sp³-hybridized carbons (Fsp3) is 0. The van der Waals surface area contributed by atoms with Gasteiger partial charge in [-0.15, -0.1) is 0 Å². The van der Waals surface area contributed by atoms with Crippen LogP contribution in [0.25, 0.3) is 98.8 Å². The van der Waals surface area contributed by atoms with E-state index in [2.05, 4.69) is 0 Å². The molecule has 0 N–H and O–H groups in total. The predicted molar refractivity (Wildman–Crippen MR) is 208 cm³/mol. The Morgan fingerprint density at radius 3 is 1.43 bits per heavy atom. The van der Waals surface area contributed by atoms with Crippen LogP contribution in [0.3, 0.4) is 0 Å². The Morgan fingerprint density at radius 1 is 0.327 bits per heavy atom. The molecule has 0 amide bonds. The summed E-state index contributed by atoms with van der Waals surface area (Å²) in [5, 5.41) is 3.12. The van der Waals surface area contributed by atoms with Gasteiger partial charge in [0, 0.05) is 16.5 Å². The standard InChI is InChI=1S/C48H30O/c1-3-15-31(16-4-1)33-24-13-25-34-35-26-14-27-38(37(35)30-29-36(33)34)46-39-19-7-9-21-41(39)47(42-22-10-8-20-40(42)46)48-45(32-17-5-2-6-18-32)43-23-11-12-28-44(43)49-48/h1-30H/i7D,8D,9D,10D,11D,12D,19D,20D,21D,22D,23D,28D. The Morgan fingerprint density at radius 2 is 0.816 bits per heavy atom. The summed E-state index contributed by atoms with van der Waals surface area (Å²) in [5.74, 6) is -0.137. The van der Waals surface area contributed by atoms with Gasteiger partial charge in [-0.2, -0.15) is 0 Å². The van der Waals surface area contributed by atoms with E-state index in [9.17, 15) is 5.48 Å². The monoisotopic (exact) mass is 634 g/mol. The molecule has 0 saturated heterocycles. The summed E-state index contributed by atoms with van der Waals surface area (Å²) in [6, 6.07) is 28.0. The van der Waals surface area contributed by atoms with Crippen LogP contribution in [0.1, 0.15) is 16.4 Å². The zero-order valence-electron chi connectivity index (χ0n) is 37.8. The Balaban J connectivity index is 1.46. The number of fused-ring (bicyclic) bond motifs is 6. The second-order valence-electron chi connectivity index (χ2n) is 11.9. The fourth-order valence-electron chi connectivity index (χ4n) is 7.21. The van der Waals surface area contributed by atoms with Crippen molar-refractivity contribution in [2.75, 3.05) is 0 Å². The van der Waals surface area contributed by atoms with Crippen molar-refractivity contribution in [3.8, 4) is 44.7 Å². The van der Waals surface area contributed by atoms with Gasteiger partial charge >= 0.3 is 0 Å². The summed E-state index contributed by atoms with van der Waals surface area (Å²) in [5.41, 5.74) is 2.97. The Kier molecular flexibility index (Phi) is 4.11. The molecule has 0 saturated carbocycles. The normalized spacial score (nSPS) is 15.1. The third-order valence-electron chi connectivity index (χ3n) is 9.27. The lowest BCUT2D eigenvalue weighted by Crippen LogP contribution is -1.92. The minimum atomic E-state index is -0.594. The van der Waals surface area contributed by atoms with Crippen molar-refractivity contribution in [3.63, 3.8) is 0 Å². The van der Waals surface area contributed by atoms with E-state index in [1.807, 2.05) is 72.8 Å². The minimum Gasteiger partial charge on any atom is -0.455 e. The maximum absolute atomic E-state index is 9.56. The van der Waals surface area contributed by atoms with E-state index in [-0.39, 0.29) is 55.0 Å². The molecular weight excluding hydrogens is 593 g/mol. The van der Waals surface area contributed by atoms with Gasteiger partial charge in [0.15, 0.2) is 0 Å². The molecule has 1 aromatic heterocycles. The average molecular weight is 635 g/mol. The Labute approximate surface area is 301 Å². The molecule has 0 atom stereocenters. The highest BCUT2D eigenvalue weighted by Crippen LogP contribution is 2.50. The van der Waals surface area contributed by atoms with Gasteiger partial charge in [-0.3, -0.25) is 0 Å². The quantitative estimate of drug-likeness (QED) is 0.139. The van der Waals surface area contributed by atoms with Gasteiger partial charge < -0.3 is 4.42 Å². The molecule has 228 valence electrons. The largest absolute Gasteiger partial charge is 0.455 e. The van der Waals surface area contributed by atoms with Crippen LogP contribution >= 0.6 is 0 Å². The van der Waals surface area contributed by atoms with E-state index in [1.165, 1.54) is 0 Å². The van der Waals surface area contributed by atoms with E-state index in [1.54, 1.807) is 36.4 Å². The van der Waals surface area contributed by atoms with Gasteiger partial charge in [0.25, 0.3) is 0 Å². The van der Waals surface area contributed by atoms with Crippen molar-refractivity contribution < 1.29 is 20.9 Å². The Hall–Kier alpha value is -6.44. The summed E-state index contributed by atoms with van der Waals surface area (Å²) in [6.07, 6.45) is 0. The van der Waals surface area contributed by atoms with Crippen molar-refractivity contribution in [2.24, 2.45) is 0 Å². The molecule has 0 fully saturated rings. The predicted octanol–water partition coefficient (Wildman–Crippen LogP) is 13.7. The van der Waals surface area contributed by atoms with Gasteiger partial charge in [-0.25, -0.2) is 0 Å². The maximum Gasteiger partial charge on any atom is 0.144 e. The zero-order valence-corrected chi connectivity index (χ0v) is 25.8. The van der Waals surface area contributed by atoms with Crippen molar-refractivity contribution in [2.45, 2.75) is 0 Å². The molecule has 0 aliphatic rings. The molecule has 0 radical (unpaired) electrons. The SMILES string of the molecule is [2H]c1c([2H])c([2H])c2c(-c3ccccc3)c(-c3c4c([2H])c([2H])c([2H])c([2H])c4c(-c4cccc5c4ccc4c(-c6ccccc6)cccc45)c4c([2H])c([2H])c([2H])c([2H])c34)oc2c1[2H]. The van der Waals surface area contributed by atoms with Gasteiger partial charge in [-0.1, -0.05) is 176 Å². The highest BCUT2D eigenvalue weighted by molar-refractivity contribution is 6.26. The van der Waals surface area contributed by atoms with Crippen LogP contribution in [0.2, 0.25) is 0 Å². The molecule has 49 heavy (non-hydrogen) atoms. The molecule has 1 nitrogen and oxygen atoms in total. The molecular formula is C48H30O. The topological polar surface area (TPSA) is 13.1 Å². The number of furan rings is 1. The van der Waals surface area contributed by atoms with Gasteiger partial charge in [0.1, 0.15) is 11.3 Å². The van der Waals surface area contributed by atoms with E-state index in [0.29, 0.717) is 16.5 Å². The summed E-state index contributed by atoms with van der Waals surface area (Å²) in [7, 11) is 0. The van der Waals surface area contributed by atoms with Crippen LogP contribution in [0.15, 0.2) is 186 Å². The number of para-hydroxylation sites is 1. The Bertz CT molecular complexity index is 3460. The van der Waals surface area contributed by atoms with Crippen LogP contribution in [0.4, 0.5) is 0 Å². The number of benzene rings is 9. The molecule has 0 spiro atoms. The molecule has 0 bridgehead atoms. The summed E-state index contributed by atoms with van der Waals surface area (Å²) in [6.45, 7) is 0.